The molecular weight excluding hydrogens is 300 g/mol. The van der Waals surface area contributed by atoms with Crippen molar-refractivity contribution in [3.63, 3.8) is 0 Å². The predicted molar refractivity (Wildman–Crippen MR) is 81.0 cm³/mol. The lowest BCUT2D eigenvalue weighted by molar-refractivity contribution is -0.162. The zero-order chi connectivity index (χ0) is 17.1. The molecule has 1 saturated carbocycles. The van der Waals surface area contributed by atoms with Crippen LogP contribution >= 0.6 is 0 Å². The highest BCUT2D eigenvalue weighted by Gasteiger charge is 2.38. The molecule has 3 atom stereocenters. The molecule has 0 bridgehead atoms. The fourth-order valence-corrected chi connectivity index (χ4v) is 2.69. The first-order valence-electron chi connectivity index (χ1n) is 7.81. The Morgan fingerprint density at radius 2 is 1.91 bits per heavy atom. The third kappa shape index (κ3) is 3.81. The summed E-state index contributed by atoms with van der Waals surface area (Å²) in [6.07, 6.45) is 1.94. The van der Waals surface area contributed by atoms with Crippen LogP contribution < -0.4 is 0 Å². The summed E-state index contributed by atoms with van der Waals surface area (Å²) in [6.45, 7) is 8.51. The molecule has 3 unspecified atom stereocenters. The predicted octanol–water partition coefficient (Wildman–Crippen LogP) is 2.43. The van der Waals surface area contributed by atoms with Crippen LogP contribution in [-0.4, -0.2) is 30.1 Å². The molecule has 0 aromatic carbocycles. The second-order valence-electron chi connectivity index (χ2n) is 6.10. The maximum Gasteiger partial charge on any atom is 0.375 e. The van der Waals surface area contributed by atoms with Gasteiger partial charge in [0.1, 0.15) is 12.2 Å². The highest BCUT2D eigenvalue weighted by molar-refractivity contribution is 5.93. The van der Waals surface area contributed by atoms with Gasteiger partial charge in [0, 0.05) is 11.1 Å². The van der Waals surface area contributed by atoms with Gasteiger partial charge >= 0.3 is 17.9 Å². The van der Waals surface area contributed by atoms with Crippen molar-refractivity contribution in [3.8, 4) is 0 Å². The number of rotatable bonds is 4. The van der Waals surface area contributed by atoms with E-state index >= 15 is 0 Å². The largest absolute Gasteiger partial charge is 0.458 e. The Bertz CT molecular complexity index is 574. The van der Waals surface area contributed by atoms with Crippen LogP contribution in [0.25, 0.3) is 0 Å². The topological polar surface area (TPSA) is 78.9 Å². The van der Waals surface area contributed by atoms with Crippen molar-refractivity contribution in [2.75, 3.05) is 0 Å². The number of ether oxygens (including phenoxy) is 3. The molecule has 1 heterocycles. The lowest BCUT2D eigenvalue weighted by Crippen LogP contribution is -2.36. The van der Waals surface area contributed by atoms with Crippen LogP contribution in [0.15, 0.2) is 23.5 Å². The normalized spacial score (nSPS) is 27.4. The number of cyclic esters (lactones) is 1. The minimum Gasteiger partial charge on any atom is -0.458 e. The van der Waals surface area contributed by atoms with Crippen molar-refractivity contribution in [1.29, 1.82) is 0 Å². The monoisotopic (exact) mass is 322 g/mol. The number of carbonyl (C=O) groups excluding carboxylic acids is 3. The second kappa shape index (κ2) is 6.98. The molecular formula is C17H22O6. The number of carbonyl (C=O) groups is 3. The summed E-state index contributed by atoms with van der Waals surface area (Å²) in [6, 6.07) is 0. The van der Waals surface area contributed by atoms with Crippen LogP contribution in [0.2, 0.25) is 0 Å². The fraction of sp³-hybridized carbons (Fsp3) is 0.588. The van der Waals surface area contributed by atoms with Gasteiger partial charge in [-0.2, -0.15) is 0 Å². The number of hydrogen-bond acceptors (Lipinski definition) is 6. The first kappa shape index (κ1) is 17.2. The van der Waals surface area contributed by atoms with E-state index in [4.69, 9.17) is 14.2 Å². The van der Waals surface area contributed by atoms with E-state index in [-0.39, 0.29) is 11.3 Å². The molecule has 2 aliphatic rings. The smallest absolute Gasteiger partial charge is 0.375 e. The average molecular weight is 322 g/mol. The van der Waals surface area contributed by atoms with E-state index < -0.39 is 36.0 Å². The van der Waals surface area contributed by atoms with Gasteiger partial charge in [0.2, 0.25) is 5.76 Å². The molecule has 0 saturated heterocycles. The first-order chi connectivity index (χ1) is 10.8. The molecule has 1 aliphatic heterocycles. The van der Waals surface area contributed by atoms with Crippen LogP contribution in [0.1, 0.15) is 46.5 Å². The maximum absolute atomic E-state index is 12.4. The van der Waals surface area contributed by atoms with Gasteiger partial charge < -0.3 is 14.2 Å². The molecule has 0 amide bonds. The summed E-state index contributed by atoms with van der Waals surface area (Å²) in [4.78, 5) is 35.9. The summed E-state index contributed by atoms with van der Waals surface area (Å²) in [5, 5.41) is 0. The molecule has 6 nitrogen and oxygen atoms in total. The Morgan fingerprint density at radius 3 is 2.48 bits per heavy atom. The summed E-state index contributed by atoms with van der Waals surface area (Å²) >= 11 is 0. The van der Waals surface area contributed by atoms with Gasteiger partial charge in [-0.3, -0.25) is 4.79 Å². The molecule has 23 heavy (non-hydrogen) atoms. The molecule has 0 spiro atoms. The third-order valence-corrected chi connectivity index (χ3v) is 4.25. The van der Waals surface area contributed by atoms with Gasteiger partial charge in [-0.1, -0.05) is 13.0 Å². The molecule has 1 fully saturated rings. The lowest BCUT2D eigenvalue weighted by Gasteiger charge is -2.29. The molecule has 126 valence electrons. The summed E-state index contributed by atoms with van der Waals surface area (Å²) in [5.41, 5.74) is 0.879. The van der Waals surface area contributed by atoms with Gasteiger partial charge in [0.05, 0.1) is 5.92 Å². The van der Waals surface area contributed by atoms with E-state index in [1.165, 1.54) is 0 Å². The molecule has 6 heteroatoms. The maximum atomic E-state index is 12.4. The van der Waals surface area contributed by atoms with Crippen molar-refractivity contribution in [3.05, 3.63) is 23.5 Å². The Balaban J connectivity index is 2.08. The van der Waals surface area contributed by atoms with Crippen molar-refractivity contribution in [2.45, 2.75) is 58.7 Å². The van der Waals surface area contributed by atoms with Crippen LogP contribution in [0.5, 0.6) is 0 Å². The van der Waals surface area contributed by atoms with Crippen LogP contribution in [-0.2, 0) is 28.6 Å². The van der Waals surface area contributed by atoms with E-state index in [9.17, 15) is 14.4 Å². The van der Waals surface area contributed by atoms with E-state index in [1.54, 1.807) is 20.8 Å². The first-order valence-corrected chi connectivity index (χ1v) is 7.81. The second-order valence-corrected chi connectivity index (χ2v) is 6.10. The van der Waals surface area contributed by atoms with Gasteiger partial charge in [-0.25, -0.2) is 9.59 Å². The standard InChI is InChI=1S/C17H22O6/c1-9(2)15(18)22-13-8-6-5-7-12(13)16(19)23-14-10(3)11(4)21-17(14)20/h11-13H,1,5-8H2,2-4H3. The third-order valence-electron chi connectivity index (χ3n) is 4.25. The minimum atomic E-state index is -0.630. The zero-order valence-corrected chi connectivity index (χ0v) is 13.7. The molecule has 0 radical (unpaired) electrons. The molecule has 2 rings (SSSR count). The van der Waals surface area contributed by atoms with Crippen LogP contribution in [0.3, 0.4) is 0 Å². The van der Waals surface area contributed by atoms with E-state index in [2.05, 4.69) is 6.58 Å². The van der Waals surface area contributed by atoms with E-state index in [0.717, 1.165) is 12.8 Å². The Hall–Kier alpha value is -2.11. The quantitative estimate of drug-likeness (QED) is 0.449. The van der Waals surface area contributed by atoms with Crippen molar-refractivity contribution in [1.82, 2.24) is 0 Å². The molecule has 0 N–H and O–H groups in total. The van der Waals surface area contributed by atoms with Crippen molar-refractivity contribution in [2.24, 2.45) is 5.92 Å². The number of hydrogen-bond donors (Lipinski definition) is 0. The van der Waals surface area contributed by atoms with Gasteiger partial charge in [-0.15, -0.1) is 0 Å². The van der Waals surface area contributed by atoms with E-state index in [0.29, 0.717) is 18.4 Å². The molecule has 0 aromatic rings. The highest BCUT2D eigenvalue weighted by Crippen LogP contribution is 2.31. The van der Waals surface area contributed by atoms with Gasteiger partial charge in [0.15, 0.2) is 0 Å². The Morgan fingerprint density at radius 1 is 1.26 bits per heavy atom. The Kier molecular flexibility index (Phi) is 5.23. The van der Waals surface area contributed by atoms with E-state index in [1.807, 2.05) is 0 Å². The van der Waals surface area contributed by atoms with Crippen LogP contribution in [0.4, 0.5) is 0 Å². The zero-order valence-electron chi connectivity index (χ0n) is 13.7. The summed E-state index contributed by atoms with van der Waals surface area (Å²) in [5.74, 6) is -2.31. The SMILES string of the molecule is C=C(C)C(=O)OC1CCCCC1C(=O)OC1=C(C)C(C)OC1=O. The Labute approximate surface area is 135 Å². The van der Waals surface area contributed by atoms with Crippen LogP contribution in [0, 0.1) is 5.92 Å². The highest BCUT2D eigenvalue weighted by atomic mass is 16.6. The minimum absolute atomic E-state index is 0.0435. The van der Waals surface area contributed by atoms with Gasteiger partial charge in [0.25, 0.3) is 0 Å². The summed E-state index contributed by atoms with van der Waals surface area (Å²) in [7, 11) is 0. The summed E-state index contributed by atoms with van der Waals surface area (Å²) < 4.78 is 15.6. The fourth-order valence-electron chi connectivity index (χ4n) is 2.69. The lowest BCUT2D eigenvalue weighted by atomic mass is 9.86. The van der Waals surface area contributed by atoms with Crippen molar-refractivity contribution < 1.29 is 28.6 Å². The molecule has 1 aliphatic carbocycles. The number of esters is 3. The van der Waals surface area contributed by atoms with Crippen molar-refractivity contribution >= 4 is 17.9 Å². The molecule has 0 aromatic heterocycles. The average Bonchev–Trinajstić information content (AvgIpc) is 2.74. The van der Waals surface area contributed by atoms with Gasteiger partial charge in [-0.05, 0) is 40.0 Å².